The zero-order valence-electron chi connectivity index (χ0n) is 24.4. The Labute approximate surface area is 242 Å². The number of carbonyl (C=O) groups excluding carboxylic acids is 3. The number of aliphatic hydroxyl groups excluding tert-OH is 1. The van der Waals surface area contributed by atoms with Crippen LogP contribution in [0.15, 0.2) is 60.7 Å². The smallest absolute Gasteiger partial charge is 0.410 e. The summed E-state index contributed by atoms with van der Waals surface area (Å²) in [6.07, 6.45) is 0.190. The van der Waals surface area contributed by atoms with Crippen LogP contribution in [0, 0.1) is 0 Å². The molecular weight excluding hydrogens is 526 g/mol. The summed E-state index contributed by atoms with van der Waals surface area (Å²) in [5.41, 5.74) is 1.16. The third-order valence-corrected chi connectivity index (χ3v) is 6.73. The molecule has 0 radical (unpaired) electrons. The normalized spacial score (nSPS) is 18.0. The molecule has 1 heterocycles. The van der Waals surface area contributed by atoms with Crippen LogP contribution >= 0.6 is 0 Å². The first-order valence-corrected chi connectivity index (χ1v) is 14.1. The largest absolute Gasteiger partial charge is 0.453 e. The number of carbonyl (C=O) groups is 3. The minimum atomic E-state index is -0.901. The molecule has 10 heteroatoms. The van der Waals surface area contributed by atoms with Crippen LogP contribution in [0.25, 0.3) is 0 Å². The van der Waals surface area contributed by atoms with Gasteiger partial charge in [0.2, 0.25) is 5.91 Å². The van der Waals surface area contributed by atoms with Gasteiger partial charge in [0.25, 0.3) is 0 Å². The number of hydrogen-bond acceptors (Lipinski definition) is 7. The molecule has 0 aliphatic carbocycles. The van der Waals surface area contributed by atoms with E-state index in [-0.39, 0.29) is 25.2 Å². The molecular formula is C31H43N3O7. The van der Waals surface area contributed by atoms with Gasteiger partial charge in [-0.05, 0) is 51.2 Å². The number of ether oxygens (including phenoxy) is 3. The highest BCUT2D eigenvalue weighted by atomic mass is 16.6. The summed E-state index contributed by atoms with van der Waals surface area (Å²) in [6.45, 7) is 6.29. The lowest BCUT2D eigenvalue weighted by Crippen LogP contribution is -2.52. The molecule has 1 aliphatic rings. The molecule has 224 valence electrons. The predicted molar refractivity (Wildman–Crippen MR) is 154 cm³/mol. The first kappa shape index (κ1) is 31.9. The van der Waals surface area contributed by atoms with Gasteiger partial charge in [-0.1, -0.05) is 60.7 Å². The maximum absolute atomic E-state index is 13.5. The van der Waals surface area contributed by atoms with Gasteiger partial charge in [0.15, 0.2) is 0 Å². The lowest BCUT2D eigenvalue weighted by atomic mass is 9.84. The van der Waals surface area contributed by atoms with E-state index in [0.29, 0.717) is 25.9 Å². The number of alkyl carbamates (subject to hydrolysis) is 1. The molecule has 3 N–H and O–H groups in total. The molecule has 0 bridgehead atoms. The van der Waals surface area contributed by atoms with Gasteiger partial charge < -0.3 is 34.9 Å². The van der Waals surface area contributed by atoms with Gasteiger partial charge in [-0.3, -0.25) is 4.79 Å². The van der Waals surface area contributed by atoms with Crippen LogP contribution in [0.1, 0.15) is 57.1 Å². The van der Waals surface area contributed by atoms with Crippen LogP contribution in [-0.2, 0) is 19.0 Å². The molecule has 0 aromatic heterocycles. The van der Waals surface area contributed by atoms with Gasteiger partial charge in [0.05, 0.1) is 39.0 Å². The lowest BCUT2D eigenvalue weighted by Gasteiger charge is -2.38. The molecule has 2 aromatic rings. The van der Waals surface area contributed by atoms with E-state index in [1.807, 2.05) is 81.4 Å². The maximum Gasteiger partial charge on any atom is 0.410 e. The number of amides is 3. The number of hydrogen-bond donors (Lipinski definition) is 3. The second kappa shape index (κ2) is 15.4. The van der Waals surface area contributed by atoms with Crippen molar-refractivity contribution in [2.24, 2.45) is 0 Å². The summed E-state index contributed by atoms with van der Waals surface area (Å²) < 4.78 is 16.3. The van der Waals surface area contributed by atoms with Crippen molar-refractivity contribution >= 4 is 18.1 Å². The Hall–Kier alpha value is -3.63. The molecule has 1 unspecified atom stereocenters. The Morgan fingerprint density at radius 1 is 0.976 bits per heavy atom. The van der Waals surface area contributed by atoms with Gasteiger partial charge >= 0.3 is 12.2 Å². The van der Waals surface area contributed by atoms with Crippen LogP contribution in [0.3, 0.4) is 0 Å². The van der Waals surface area contributed by atoms with Crippen molar-refractivity contribution in [3.8, 4) is 0 Å². The third-order valence-electron chi connectivity index (χ3n) is 6.73. The van der Waals surface area contributed by atoms with Crippen LogP contribution in [-0.4, -0.2) is 85.3 Å². The number of nitrogens with zero attached hydrogens (tertiary/aromatic N) is 1. The standard InChI is InChI=1S/C31H43N3O7/c1-31(2,3)41-30(38)34-19-24(40-25(20-34)21-35)17-11-12-18-32-28(36)27(33-29(37)39-4)26(22-13-7-5-8-14-22)23-15-9-6-10-16-23/h5-10,13-16,24-27,35H,11-12,17-21H2,1-4H3,(H,32,36)(H,33,37)/t24?,25-,27-/m0/s1. The third kappa shape index (κ3) is 10.1. The van der Waals surface area contributed by atoms with Crippen LogP contribution in [0.4, 0.5) is 9.59 Å². The van der Waals surface area contributed by atoms with E-state index in [0.717, 1.165) is 17.5 Å². The number of methoxy groups -OCH3 is 1. The molecule has 0 spiro atoms. The molecule has 3 atom stereocenters. The monoisotopic (exact) mass is 569 g/mol. The Balaban J connectivity index is 1.60. The van der Waals surface area contributed by atoms with E-state index in [4.69, 9.17) is 14.2 Å². The average Bonchev–Trinajstić information content (AvgIpc) is 2.96. The van der Waals surface area contributed by atoms with Gasteiger partial charge in [0, 0.05) is 12.5 Å². The summed E-state index contributed by atoms with van der Waals surface area (Å²) in [5, 5.41) is 15.4. The number of benzene rings is 2. The number of rotatable bonds is 11. The van der Waals surface area contributed by atoms with Crippen molar-refractivity contribution in [2.45, 2.75) is 69.8 Å². The maximum atomic E-state index is 13.5. The Morgan fingerprint density at radius 3 is 2.10 bits per heavy atom. The number of unbranched alkanes of at least 4 members (excludes halogenated alkanes) is 1. The van der Waals surface area contributed by atoms with E-state index < -0.39 is 35.9 Å². The highest BCUT2D eigenvalue weighted by Gasteiger charge is 2.34. The van der Waals surface area contributed by atoms with Gasteiger partial charge in [-0.25, -0.2) is 9.59 Å². The highest BCUT2D eigenvalue weighted by Crippen LogP contribution is 2.28. The van der Waals surface area contributed by atoms with Crippen molar-refractivity contribution in [3.05, 3.63) is 71.8 Å². The van der Waals surface area contributed by atoms with Crippen molar-refractivity contribution in [1.82, 2.24) is 15.5 Å². The summed E-state index contributed by atoms with van der Waals surface area (Å²) in [6, 6.07) is 18.2. The average molecular weight is 570 g/mol. The quantitative estimate of drug-likeness (QED) is 0.351. The second-order valence-electron chi connectivity index (χ2n) is 11.1. The lowest BCUT2D eigenvalue weighted by molar-refractivity contribution is -0.123. The fourth-order valence-electron chi connectivity index (χ4n) is 4.86. The molecule has 3 amide bonds. The Kier molecular flexibility index (Phi) is 12.0. The van der Waals surface area contributed by atoms with E-state index in [1.54, 1.807) is 4.90 Å². The fraction of sp³-hybridized carbons (Fsp3) is 0.516. The Bertz CT molecular complexity index is 1070. The van der Waals surface area contributed by atoms with Crippen LogP contribution in [0.5, 0.6) is 0 Å². The molecule has 3 rings (SSSR count). The van der Waals surface area contributed by atoms with Crippen molar-refractivity contribution in [3.63, 3.8) is 0 Å². The fourth-order valence-corrected chi connectivity index (χ4v) is 4.86. The first-order chi connectivity index (χ1) is 19.6. The molecule has 10 nitrogen and oxygen atoms in total. The van der Waals surface area contributed by atoms with Gasteiger partial charge in [-0.2, -0.15) is 0 Å². The second-order valence-corrected chi connectivity index (χ2v) is 11.1. The van der Waals surface area contributed by atoms with E-state index in [2.05, 4.69) is 10.6 Å². The summed E-state index contributed by atoms with van der Waals surface area (Å²) in [7, 11) is 1.27. The van der Waals surface area contributed by atoms with Gasteiger partial charge in [0.1, 0.15) is 11.6 Å². The Morgan fingerprint density at radius 2 is 1.56 bits per heavy atom. The SMILES string of the molecule is COC(=O)N[C@H](C(=O)NCCCCC1CN(C(=O)OC(C)(C)C)C[C@@H](CO)O1)C(c1ccccc1)c1ccccc1. The molecule has 2 aromatic carbocycles. The van der Waals surface area contributed by atoms with Crippen molar-refractivity contribution in [1.29, 1.82) is 0 Å². The van der Waals surface area contributed by atoms with E-state index >= 15 is 0 Å². The zero-order valence-corrected chi connectivity index (χ0v) is 24.4. The van der Waals surface area contributed by atoms with Crippen molar-refractivity contribution in [2.75, 3.05) is 33.4 Å². The van der Waals surface area contributed by atoms with Gasteiger partial charge in [-0.15, -0.1) is 0 Å². The zero-order chi connectivity index (χ0) is 29.8. The summed E-state index contributed by atoms with van der Waals surface area (Å²) in [5.74, 6) is -0.750. The number of morpholine rings is 1. The number of aliphatic hydroxyl groups is 1. The first-order valence-electron chi connectivity index (χ1n) is 14.1. The molecule has 0 saturated carbocycles. The van der Waals surface area contributed by atoms with Crippen LogP contribution in [0.2, 0.25) is 0 Å². The molecule has 1 aliphatic heterocycles. The summed E-state index contributed by atoms with van der Waals surface area (Å²) >= 11 is 0. The molecule has 1 fully saturated rings. The topological polar surface area (TPSA) is 126 Å². The highest BCUT2D eigenvalue weighted by molar-refractivity contribution is 5.87. The van der Waals surface area contributed by atoms with E-state index in [1.165, 1.54) is 7.11 Å². The minimum Gasteiger partial charge on any atom is -0.453 e. The molecule has 41 heavy (non-hydrogen) atoms. The summed E-state index contributed by atoms with van der Waals surface area (Å²) in [4.78, 5) is 39.9. The molecule has 1 saturated heterocycles. The minimum absolute atomic E-state index is 0.190. The predicted octanol–water partition coefficient (Wildman–Crippen LogP) is 3.83. The number of nitrogens with one attached hydrogen (secondary N) is 2. The van der Waals surface area contributed by atoms with E-state index in [9.17, 15) is 19.5 Å². The van der Waals surface area contributed by atoms with Crippen LogP contribution < -0.4 is 10.6 Å². The van der Waals surface area contributed by atoms with Crippen molar-refractivity contribution < 1.29 is 33.7 Å².